The first-order valence-electron chi connectivity index (χ1n) is 26.6. The fourth-order valence-corrected chi connectivity index (χ4v) is 10.7. The fourth-order valence-electron chi connectivity index (χ4n) is 10.7. The molecule has 0 aliphatic carbocycles. The van der Waals surface area contributed by atoms with Crippen molar-refractivity contribution in [3.63, 3.8) is 0 Å². The highest BCUT2D eigenvalue weighted by Gasteiger charge is 2.66. The second-order valence-corrected chi connectivity index (χ2v) is 21.3. The highest BCUT2D eigenvalue weighted by atomic mass is 16.8. The van der Waals surface area contributed by atoms with Gasteiger partial charge in [-0.3, -0.25) is 9.59 Å². The number of carbonyl (C=O) groups excluding carboxylic acids is 2. The van der Waals surface area contributed by atoms with Crippen molar-refractivity contribution in [2.24, 2.45) is 0 Å². The molecule has 6 fully saturated rings. The largest absolute Gasteiger partial charge is 0.477 e. The molecule has 504 valence electrons. The molecule has 6 aliphatic rings. The third-order valence-corrected chi connectivity index (χ3v) is 15.4. The zero-order chi connectivity index (χ0) is 65.2. The lowest BCUT2D eigenvalue weighted by Crippen LogP contribution is -2.75. The van der Waals surface area contributed by atoms with Gasteiger partial charge in [0.25, 0.3) is 11.6 Å². The normalized spacial score (nSPS) is 46.8. The average molecular weight is 1280 g/mol. The highest BCUT2D eigenvalue weighted by Crippen LogP contribution is 2.40. The van der Waals surface area contributed by atoms with Crippen molar-refractivity contribution in [3.05, 3.63) is 0 Å². The summed E-state index contributed by atoms with van der Waals surface area (Å²) in [6, 6.07) is -4.00. The fraction of sp³-hybridized carbons (Fsp3) is 0.913. The molecule has 6 saturated heterocycles. The minimum atomic E-state index is -3.81. The van der Waals surface area contributed by atoms with Crippen molar-refractivity contribution in [1.29, 1.82) is 0 Å². The lowest BCUT2D eigenvalue weighted by Gasteiger charge is -2.52. The van der Waals surface area contributed by atoms with Gasteiger partial charge in [0.15, 0.2) is 37.4 Å². The molecule has 6 aliphatic heterocycles. The van der Waals surface area contributed by atoms with E-state index in [-0.39, 0.29) is 0 Å². The molecule has 34 atom stereocenters. The lowest BCUT2D eigenvalue weighted by molar-refractivity contribution is -0.405. The van der Waals surface area contributed by atoms with Crippen molar-refractivity contribution >= 4 is 23.8 Å². The predicted molar refractivity (Wildman–Crippen MR) is 260 cm³/mol. The number of nitrogens with one attached hydrogen (secondary N) is 2. The van der Waals surface area contributed by atoms with E-state index in [1.54, 1.807) is 0 Å². The highest BCUT2D eigenvalue weighted by molar-refractivity contribution is 5.78. The van der Waals surface area contributed by atoms with Crippen LogP contribution in [0.1, 0.15) is 13.8 Å². The maximum absolute atomic E-state index is 12.6. The van der Waals surface area contributed by atoms with Crippen LogP contribution in [0.25, 0.3) is 0 Å². The molecule has 41 nitrogen and oxygen atoms in total. The monoisotopic (exact) mass is 1280 g/mol. The van der Waals surface area contributed by atoms with Crippen LogP contribution in [0.3, 0.4) is 0 Å². The molecule has 2 amide bonds. The van der Waals surface area contributed by atoms with Gasteiger partial charge in [0.1, 0.15) is 146 Å². The van der Waals surface area contributed by atoms with Gasteiger partial charge in [0, 0.05) is 13.8 Å². The summed E-state index contributed by atoms with van der Waals surface area (Å²) in [4.78, 5) is 49.5. The molecular formula is C46H76N2O39. The van der Waals surface area contributed by atoms with Crippen molar-refractivity contribution < 1.29 is 194 Å². The van der Waals surface area contributed by atoms with Gasteiger partial charge >= 0.3 is 11.9 Å². The second kappa shape index (κ2) is 29.9. The van der Waals surface area contributed by atoms with Gasteiger partial charge in [0.05, 0.1) is 51.7 Å². The van der Waals surface area contributed by atoms with E-state index in [4.69, 9.17) is 52.1 Å². The predicted octanol–water partition coefficient (Wildman–Crippen LogP) is -17.5. The molecule has 0 spiro atoms. The molecule has 0 unspecified atom stereocenters. The first-order chi connectivity index (χ1) is 40.7. The summed E-state index contributed by atoms with van der Waals surface area (Å²) in [5.41, 5.74) is 0. The van der Waals surface area contributed by atoms with Crippen LogP contribution in [-0.4, -0.2) is 393 Å². The molecule has 0 radical (unpaired) electrons. The second-order valence-electron chi connectivity index (χ2n) is 21.3. The van der Waals surface area contributed by atoms with Crippen molar-refractivity contribution in [3.8, 4) is 0 Å². The van der Waals surface area contributed by atoms with Crippen molar-refractivity contribution in [2.45, 2.75) is 221 Å². The average Bonchev–Trinajstić information content (AvgIpc) is 0.830. The maximum Gasteiger partial charge on any atom is 0.367 e. The molecule has 0 saturated carbocycles. The number of carbonyl (C=O) groups is 4. The van der Waals surface area contributed by atoms with E-state index in [1.807, 2.05) is 0 Å². The van der Waals surface area contributed by atoms with Gasteiger partial charge < -0.3 is 185 Å². The van der Waals surface area contributed by atoms with Gasteiger partial charge in [-0.15, -0.1) is 0 Å². The number of aliphatic hydroxyl groups is 22. The quantitative estimate of drug-likeness (QED) is 0.0427. The molecule has 0 aromatic heterocycles. The number of carboxylic acids is 2. The number of hydrogen-bond donors (Lipinski definition) is 26. The Morgan fingerprint density at radius 2 is 0.713 bits per heavy atom. The summed E-state index contributed by atoms with van der Waals surface area (Å²) >= 11 is 0. The number of aliphatic carboxylic acids is 2. The molecule has 41 heteroatoms. The summed E-state index contributed by atoms with van der Waals surface area (Å²) in [6.45, 7) is -5.38. The van der Waals surface area contributed by atoms with Crippen LogP contribution in [0, 0.1) is 0 Å². The Morgan fingerprint density at radius 1 is 0.414 bits per heavy atom. The van der Waals surface area contributed by atoms with E-state index in [1.165, 1.54) is 0 Å². The number of amides is 2. The Kier molecular flexibility index (Phi) is 24.9. The minimum Gasteiger partial charge on any atom is -0.477 e. The number of aliphatic hydroxyl groups excluding tert-OH is 20. The van der Waals surface area contributed by atoms with E-state index in [9.17, 15) is 142 Å². The Morgan fingerprint density at radius 3 is 1.01 bits per heavy atom. The van der Waals surface area contributed by atoms with Gasteiger partial charge in [-0.05, 0) is 0 Å². The summed E-state index contributed by atoms with van der Waals surface area (Å²) in [6.07, 6.45) is -68.5. The van der Waals surface area contributed by atoms with E-state index in [0.717, 1.165) is 13.8 Å². The van der Waals surface area contributed by atoms with Crippen LogP contribution in [-0.2, 0) is 71.3 Å². The Bertz CT molecular complexity index is 2260. The summed E-state index contributed by atoms with van der Waals surface area (Å²) < 4.78 is 60.5. The molecule has 6 heterocycles. The van der Waals surface area contributed by atoms with Gasteiger partial charge in [-0.2, -0.15) is 0 Å². The van der Waals surface area contributed by atoms with Crippen LogP contribution in [0.4, 0.5) is 0 Å². The Labute approximate surface area is 488 Å². The number of carboxylic acid groups (broad SMARTS) is 2. The Hall–Kier alpha value is -3.44. The smallest absolute Gasteiger partial charge is 0.367 e. The van der Waals surface area contributed by atoms with Crippen molar-refractivity contribution in [2.75, 3.05) is 39.6 Å². The number of ether oxygens (including phenoxy) is 11. The maximum atomic E-state index is 12.6. The van der Waals surface area contributed by atoms with Crippen LogP contribution in [0.15, 0.2) is 0 Å². The zero-order valence-electron chi connectivity index (χ0n) is 45.6. The van der Waals surface area contributed by atoms with E-state index < -0.39 is 271 Å². The molecule has 0 aromatic carbocycles. The third kappa shape index (κ3) is 14.8. The van der Waals surface area contributed by atoms with Crippen LogP contribution >= 0.6 is 0 Å². The summed E-state index contributed by atoms with van der Waals surface area (Å²) in [7, 11) is 0. The van der Waals surface area contributed by atoms with Gasteiger partial charge in [-0.1, -0.05) is 0 Å². The SMILES string of the molecule is CC(=O)N[C@@H]1[C@@H](O)[C@@H](O[C@@H]2[C@@H](O)[C@H](O[C@H]3O[C@H](CO)[C@H](O[C@@H]4O[C@H](CO)[C@H](O[C@@H]5O[C@H](CO)[C@H](O)[C@H](O[C@@H]6[C@H](O)[C@@H](NC(C)=O)[C@H]([C@H](O)[C@H](O)CO)O[C@]6(O)C(=O)O)[C@H]5O)[C@H](O)[C@H]4O)[C@H](O)[C@H]3O)O[C@H](CO)[C@H]2O)[C@@](O)(C(=O)O)O[C@H]1[C@H](O)[C@H](O)CO. The molecule has 0 bridgehead atoms. The first-order valence-corrected chi connectivity index (χ1v) is 26.6. The van der Waals surface area contributed by atoms with Crippen LogP contribution < -0.4 is 10.6 Å². The van der Waals surface area contributed by atoms with E-state index in [2.05, 4.69) is 10.6 Å². The van der Waals surface area contributed by atoms with Crippen LogP contribution in [0.5, 0.6) is 0 Å². The summed E-state index contributed by atoms with van der Waals surface area (Å²) in [5, 5.41) is 263. The van der Waals surface area contributed by atoms with E-state index >= 15 is 0 Å². The molecule has 26 N–H and O–H groups in total. The first kappa shape index (κ1) is 72.6. The number of rotatable bonds is 24. The molecule has 87 heavy (non-hydrogen) atoms. The van der Waals surface area contributed by atoms with E-state index in [0.29, 0.717) is 0 Å². The zero-order valence-corrected chi connectivity index (χ0v) is 45.6. The number of hydrogen-bond acceptors (Lipinski definition) is 37. The van der Waals surface area contributed by atoms with Crippen LogP contribution in [0.2, 0.25) is 0 Å². The Balaban J connectivity index is 1.17. The molecular weight excluding hydrogens is 1200 g/mol. The standard InChI is InChI=1S/C46H76N2O39/c1-9(55)47-17-23(63)37(45(75,43(71)72)86-33(17)19(59)11(57)3-49)81-35-21(61)13(5-51)77-41(29(35)69)84-32-15(7-53)79-39(27(67)25(32)65)83-31-16(8-54)80-40(28(68)26(31)66)85-42-30(70)36(22(62)14(6-52)78-42)82-38-24(64)18(48-10(2)56)34(20(60)12(58)4-50)87-46(38,76)44(73)74/h11-42,49-54,57-70,75-76H,3-8H2,1-2H3,(H,47,55)(H,48,56)(H,71,72)(H,73,74)/t11-,12-,13-,14-,15-,16-,17-,18-,19-,20-,21+,22-,23-,24-,25-,26-,27-,28-,29-,30-,31+,32+,33-,34-,35+,36+,37-,38-,39+,40-,41+,42+,45+,46+/m1/s1. The van der Waals surface area contributed by atoms with Gasteiger partial charge in [0.2, 0.25) is 11.8 Å². The molecule has 0 aromatic rings. The summed E-state index contributed by atoms with van der Waals surface area (Å²) in [5.74, 6) is -14.3. The van der Waals surface area contributed by atoms with Gasteiger partial charge in [-0.25, -0.2) is 9.59 Å². The minimum absolute atomic E-state index is 0.882. The van der Waals surface area contributed by atoms with Crippen molar-refractivity contribution in [1.82, 2.24) is 10.6 Å². The third-order valence-electron chi connectivity index (χ3n) is 15.4. The lowest BCUT2D eigenvalue weighted by atomic mass is 9.86. The molecule has 6 rings (SSSR count). The topological polar surface area (TPSA) is 679 Å².